The first-order chi connectivity index (χ1) is 6.82. The molecular weight excluding hydrogens is 213 g/mol. The van der Waals surface area contributed by atoms with Crippen molar-refractivity contribution in [1.82, 2.24) is 0 Å². The lowest BCUT2D eigenvalue weighted by Gasteiger charge is -2.12. The smallest absolute Gasteiger partial charge is 0.300 e. The minimum absolute atomic E-state index is 0.0768. The van der Waals surface area contributed by atoms with E-state index in [0.717, 1.165) is 0 Å². The van der Waals surface area contributed by atoms with Crippen LogP contribution in [-0.2, 0) is 14.4 Å². The molecule has 0 saturated heterocycles. The van der Waals surface area contributed by atoms with Crippen LogP contribution in [0.3, 0.4) is 0 Å². The van der Waals surface area contributed by atoms with E-state index in [2.05, 4.69) is 0 Å². The highest BCUT2D eigenvalue weighted by Gasteiger charge is 2.46. The SMILES string of the molecule is O=C1CCCC(=O)C(C(=O)C(F)(F)F)C1. The first-order valence-corrected chi connectivity index (χ1v) is 4.48. The summed E-state index contributed by atoms with van der Waals surface area (Å²) in [6.45, 7) is 0. The van der Waals surface area contributed by atoms with Gasteiger partial charge in [-0.25, -0.2) is 0 Å². The molecule has 1 rings (SSSR count). The van der Waals surface area contributed by atoms with Gasteiger partial charge in [-0.1, -0.05) is 0 Å². The molecule has 3 nitrogen and oxygen atoms in total. The Kier molecular flexibility index (Phi) is 3.26. The van der Waals surface area contributed by atoms with Crippen molar-refractivity contribution in [3.8, 4) is 0 Å². The van der Waals surface area contributed by atoms with Crippen molar-refractivity contribution in [2.24, 2.45) is 5.92 Å². The van der Waals surface area contributed by atoms with Gasteiger partial charge in [0.05, 0.1) is 5.92 Å². The fourth-order valence-corrected chi connectivity index (χ4v) is 1.51. The van der Waals surface area contributed by atoms with Gasteiger partial charge in [0, 0.05) is 19.3 Å². The highest BCUT2D eigenvalue weighted by Crippen LogP contribution is 2.27. The summed E-state index contributed by atoms with van der Waals surface area (Å²) < 4.78 is 36.2. The van der Waals surface area contributed by atoms with Crippen molar-refractivity contribution in [2.75, 3.05) is 0 Å². The molecule has 0 heterocycles. The lowest BCUT2D eigenvalue weighted by molar-refractivity contribution is -0.177. The first-order valence-electron chi connectivity index (χ1n) is 4.48. The second-order valence-corrected chi connectivity index (χ2v) is 3.48. The van der Waals surface area contributed by atoms with Gasteiger partial charge in [-0.05, 0) is 6.42 Å². The third-order valence-corrected chi connectivity index (χ3v) is 2.30. The molecule has 6 heteroatoms. The second kappa shape index (κ2) is 4.12. The molecule has 1 aliphatic rings. The number of ketones is 3. The number of carbonyl (C=O) groups excluding carboxylic acids is 3. The maximum atomic E-state index is 12.1. The van der Waals surface area contributed by atoms with Crippen molar-refractivity contribution < 1.29 is 27.6 Å². The molecule has 0 amide bonds. The summed E-state index contributed by atoms with van der Waals surface area (Å²) in [4.78, 5) is 33.0. The summed E-state index contributed by atoms with van der Waals surface area (Å²) in [7, 11) is 0. The van der Waals surface area contributed by atoms with Crippen molar-refractivity contribution >= 4 is 17.3 Å². The van der Waals surface area contributed by atoms with Crippen molar-refractivity contribution in [2.45, 2.75) is 31.9 Å². The predicted octanol–water partition coefficient (Wildman–Crippen LogP) is 1.45. The Hall–Kier alpha value is -1.20. The van der Waals surface area contributed by atoms with Crippen molar-refractivity contribution in [3.63, 3.8) is 0 Å². The van der Waals surface area contributed by atoms with Gasteiger partial charge in [-0.15, -0.1) is 0 Å². The minimum Gasteiger partial charge on any atom is -0.300 e. The van der Waals surface area contributed by atoms with E-state index in [1.165, 1.54) is 0 Å². The van der Waals surface area contributed by atoms with Crippen LogP contribution in [0.2, 0.25) is 0 Å². The topological polar surface area (TPSA) is 51.2 Å². The van der Waals surface area contributed by atoms with Crippen LogP contribution in [-0.4, -0.2) is 23.5 Å². The first kappa shape index (κ1) is 11.9. The Bertz CT molecular complexity index is 306. The Labute approximate surface area is 83.6 Å². The van der Waals surface area contributed by atoms with Crippen LogP contribution in [0.25, 0.3) is 0 Å². The summed E-state index contributed by atoms with van der Waals surface area (Å²) in [5.74, 6) is -5.13. The molecule has 0 aromatic rings. The summed E-state index contributed by atoms with van der Waals surface area (Å²) in [6.07, 6.45) is -5.45. The molecule has 1 unspecified atom stereocenters. The molecule has 0 spiro atoms. The quantitative estimate of drug-likeness (QED) is 0.498. The molecule has 84 valence electrons. The summed E-state index contributed by atoms with van der Waals surface area (Å²) in [5, 5.41) is 0. The van der Waals surface area contributed by atoms with Crippen molar-refractivity contribution in [1.29, 1.82) is 0 Å². The van der Waals surface area contributed by atoms with E-state index in [1.807, 2.05) is 0 Å². The average Bonchev–Trinajstić information content (AvgIpc) is 2.25. The second-order valence-electron chi connectivity index (χ2n) is 3.48. The molecular formula is C9H9F3O3. The molecule has 1 fully saturated rings. The van der Waals surface area contributed by atoms with Gasteiger partial charge in [0.2, 0.25) is 5.78 Å². The maximum Gasteiger partial charge on any atom is 0.450 e. The Morgan fingerprint density at radius 2 is 1.80 bits per heavy atom. The zero-order chi connectivity index (χ0) is 11.6. The molecule has 0 N–H and O–H groups in total. The minimum atomic E-state index is -5.04. The largest absolute Gasteiger partial charge is 0.450 e. The fraction of sp³-hybridized carbons (Fsp3) is 0.667. The van der Waals surface area contributed by atoms with Gasteiger partial charge in [-0.2, -0.15) is 13.2 Å². The lowest BCUT2D eigenvalue weighted by atomic mass is 9.93. The number of carbonyl (C=O) groups is 3. The Morgan fingerprint density at radius 3 is 2.33 bits per heavy atom. The fourth-order valence-electron chi connectivity index (χ4n) is 1.51. The van der Waals surface area contributed by atoms with Crippen LogP contribution >= 0.6 is 0 Å². The van der Waals surface area contributed by atoms with Gasteiger partial charge < -0.3 is 0 Å². The van der Waals surface area contributed by atoms with Crippen LogP contribution in [0.5, 0.6) is 0 Å². The third-order valence-electron chi connectivity index (χ3n) is 2.30. The van der Waals surface area contributed by atoms with Gasteiger partial charge in [0.25, 0.3) is 0 Å². The monoisotopic (exact) mass is 222 g/mol. The van der Waals surface area contributed by atoms with Gasteiger partial charge in [-0.3, -0.25) is 14.4 Å². The van der Waals surface area contributed by atoms with Gasteiger partial charge in [0.15, 0.2) is 0 Å². The normalized spacial score (nSPS) is 23.8. The van der Waals surface area contributed by atoms with E-state index in [-0.39, 0.29) is 19.3 Å². The number of rotatable bonds is 1. The number of hydrogen-bond acceptors (Lipinski definition) is 3. The predicted molar refractivity (Wildman–Crippen MR) is 43.0 cm³/mol. The summed E-state index contributed by atoms with van der Waals surface area (Å²) in [5.41, 5.74) is 0. The van der Waals surface area contributed by atoms with Crippen molar-refractivity contribution in [3.05, 3.63) is 0 Å². The third kappa shape index (κ3) is 2.87. The van der Waals surface area contributed by atoms with Crippen LogP contribution in [0.15, 0.2) is 0 Å². The molecule has 1 atom stereocenters. The maximum absolute atomic E-state index is 12.1. The Morgan fingerprint density at radius 1 is 1.20 bits per heavy atom. The van der Waals surface area contributed by atoms with Crippen LogP contribution in [0, 0.1) is 5.92 Å². The molecule has 1 saturated carbocycles. The van der Waals surface area contributed by atoms with E-state index >= 15 is 0 Å². The standard InChI is InChI=1S/C9H9F3O3/c10-9(11,12)8(15)6-4-5(13)2-1-3-7(6)14/h6H,1-4H2. The average molecular weight is 222 g/mol. The number of hydrogen-bond donors (Lipinski definition) is 0. The number of Topliss-reactive ketones (excluding diaryl/α,β-unsaturated/α-hetero) is 3. The van der Waals surface area contributed by atoms with Gasteiger partial charge in [0.1, 0.15) is 11.6 Å². The highest BCUT2D eigenvalue weighted by molar-refractivity contribution is 6.08. The van der Waals surface area contributed by atoms with E-state index in [0.29, 0.717) is 0 Å². The summed E-state index contributed by atoms with van der Waals surface area (Å²) in [6, 6.07) is 0. The molecule has 0 aromatic heterocycles. The van der Waals surface area contributed by atoms with E-state index in [4.69, 9.17) is 0 Å². The molecule has 0 aromatic carbocycles. The Balaban J connectivity index is 2.86. The summed E-state index contributed by atoms with van der Waals surface area (Å²) >= 11 is 0. The van der Waals surface area contributed by atoms with Crippen LogP contribution in [0.4, 0.5) is 13.2 Å². The van der Waals surface area contributed by atoms with Crippen LogP contribution < -0.4 is 0 Å². The number of halogens is 3. The van der Waals surface area contributed by atoms with E-state index in [9.17, 15) is 27.6 Å². The molecule has 0 bridgehead atoms. The highest BCUT2D eigenvalue weighted by atomic mass is 19.4. The van der Waals surface area contributed by atoms with E-state index in [1.54, 1.807) is 0 Å². The van der Waals surface area contributed by atoms with E-state index < -0.39 is 35.9 Å². The molecule has 0 radical (unpaired) electrons. The molecule has 0 aliphatic heterocycles. The van der Waals surface area contributed by atoms with Gasteiger partial charge >= 0.3 is 6.18 Å². The zero-order valence-corrected chi connectivity index (χ0v) is 7.76. The zero-order valence-electron chi connectivity index (χ0n) is 7.76. The number of alkyl halides is 3. The lowest BCUT2D eigenvalue weighted by Crippen LogP contribution is -2.35. The van der Waals surface area contributed by atoms with Crippen LogP contribution in [0.1, 0.15) is 25.7 Å². The molecule has 15 heavy (non-hydrogen) atoms. The molecule has 1 aliphatic carbocycles.